The molecule has 1 aliphatic rings. The van der Waals surface area contributed by atoms with Crippen LogP contribution in [0.3, 0.4) is 0 Å². The van der Waals surface area contributed by atoms with Crippen LogP contribution >= 0.6 is 7.52 Å². The molecule has 2 aromatic heterocycles. The largest absolute Gasteiger partial charge is 0.465 e. The first-order valence-corrected chi connectivity index (χ1v) is 12.9. The van der Waals surface area contributed by atoms with Crippen molar-refractivity contribution in [3.8, 4) is 0 Å². The van der Waals surface area contributed by atoms with E-state index in [1.807, 2.05) is 49.5 Å². The number of hydrogen-bond acceptors (Lipinski definition) is 8. The number of aromatic nitrogens is 3. The minimum atomic E-state index is -3.41. The molecule has 3 aromatic rings. The molecule has 1 saturated heterocycles. The Labute approximate surface area is 197 Å². The molecule has 1 aromatic carbocycles. The van der Waals surface area contributed by atoms with E-state index >= 15 is 0 Å². The average molecular weight is 485 g/mol. The van der Waals surface area contributed by atoms with Crippen LogP contribution in [0.1, 0.15) is 18.9 Å². The molecule has 0 amide bonds. The summed E-state index contributed by atoms with van der Waals surface area (Å²) in [7, 11) is -3.41. The third-order valence-electron chi connectivity index (χ3n) is 5.28. The van der Waals surface area contributed by atoms with E-state index in [0.29, 0.717) is 30.9 Å². The van der Waals surface area contributed by atoms with Crippen molar-refractivity contribution in [2.75, 3.05) is 25.3 Å². The highest BCUT2D eigenvalue weighted by Gasteiger charge is 2.36. The molecule has 0 radical (unpaired) electrons. The lowest BCUT2D eigenvalue weighted by Crippen LogP contribution is -2.41. The van der Waals surface area contributed by atoms with Gasteiger partial charge in [-0.25, -0.2) is 15.1 Å². The lowest BCUT2D eigenvalue weighted by Gasteiger charge is -2.30. The van der Waals surface area contributed by atoms with Crippen LogP contribution in [0.25, 0.3) is 17.2 Å². The van der Waals surface area contributed by atoms with Gasteiger partial charge >= 0.3 is 5.97 Å². The lowest BCUT2D eigenvalue weighted by atomic mass is 10.1. The highest BCUT2D eigenvalue weighted by molar-refractivity contribution is 7.56. The molecule has 3 heterocycles. The van der Waals surface area contributed by atoms with Crippen LogP contribution in [0.5, 0.6) is 0 Å². The van der Waals surface area contributed by atoms with Gasteiger partial charge in [-0.2, -0.15) is 0 Å². The minimum Gasteiger partial charge on any atom is -0.465 e. The van der Waals surface area contributed by atoms with Gasteiger partial charge in [0.2, 0.25) is 0 Å². The fraction of sp³-hybridized carbons (Fsp3) is 0.348. The van der Waals surface area contributed by atoms with Crippen LogP contribution in [0.2, 0.25) is 0 Å². The second kappa shape index (κ2) is 10.9. The van der Waals surface area contributed by atoms with Gasteiger partial charge in [0.1, 0.15) is 36.3 Å². The number of nitrogens with two attached hydrogens (primary N) is 1. The Balaban J connectivity index is 1.39. The molecule has 0 saturated carbocycles. The molecule has 1 fully saturated rings. The van der Waals surface area contributed by atoms with Crippen LogP contribution < -0.4 is 10.8 Å². The summed E-state index contributed by atoms with van der Waals surface area (Å²) in [5.74, 6) is -0.0590. The molecule has 1 unspecified atom stereocenters. The summed E-state index contributed by atoms with van der Waals surface area (Å²) in [6.07, 6.45) is 7.23. The third kappa shape index (κ3) is 5.90. The van der Waals surface area contributed by atoms with Crippen LogP contribution in [0.4, 0.5) is 5.82 Å². The summed E-state index contributed by atoms with van der Waals surface area (Å²) >= 11 is 0. The normalized spacial score (nSPS) is 21.6. The van der Waals surface area contributed by atoms with Crippen molar-refractivity contribution < 1.29 is 23.4 Å². The Bertz CT molecular complexity index is 1190. The van der Waals surface area contributed by atoms with Crippen molar-refractivity contribution in [1.29, 1.82) is 0 Å². The first-order chi connectivity index (χ1) is 16.5. The fourth-order valence-corrected chi connectivity index (χ4v) is 5.20. The van der Waals surface area contributed by atoms with E-state index in [9.17, 15) is 9.36 Å². The minimum absolute atomic E-state index is 0.0686. The number of esters is 1. The van der Waals surface area contributed by atoms with Crippen molar-refractivity contribution in [3.63, 3.8) is 0 Å². The Morgan fingerprint density at radius 2 is 2.18 bits per heavy atom. The first kappa shape index (κ1) is 24.1. The maximum Gasteiger partial charge on any atom is 0.323 e. The number of benzene rings is 1. The molecule has 0 spiro atoms. The highest BCUT2D eigenvalue weighted by Crippen LogP contribution is 2.46. The number of nitrogen functional groups attached to an aromatic ring is 1. The summed E-state index contributed by atoms with van der Waals surface area (Å²) < 4.78 is 31.8. The second-order valence-electron chi connectivity index (χ2n) is 7.90. The van der Waals surface area contributed by atoms with Crippen LogP contribution in [0, 0.1) is 0 Å². The molecule has 34 heavy (non-hydrogen) atoms. The summed E-state index contributed by atoms with van der Waals surface area (Å²) in [6, 6.07) is 10.5. The van der Waals surface area contributed by atoms with Crippen LogP contribution in [-0.4, -0.2) is 52.2 Å². The Morgan fingerprint density at radius 3 is 2.91 bits per heavy atom. The van der Waals surface area contributed by atoms with Gasteiger partial charge in [-0.3, -0.25) is 9.36 Å². The van der Waals surface area contributed by atoms with Gasteiger partial charge in [0, 0.05) is 12.4 Å². The highest BCUT2D eigenvalue weighted by atomic mass is 31.2. The van der Waals surface area contributed by atoms with E-state index < -0.39 is 25.6 Å². The van der Waals surface area contributed by atoms with Gasteiger partial charge in [0.25, 0.3) is 7.52 Å². The number of rotatable bonds is 9. The number of carbonyl (C=O) groups excluding carboxylic acids is 1. The van der Waals surface area contributed by atoms with Gasteiger partial charge in [0.15, 0.2) is 0 Å². The number of nitrogens with zero attached hydrogens (tertiary/aromatic N) is 3. The summed E-state index contributed by atoms with van der Waals surface area (Å²) in [6.45, 7) is 2.28. The summed E-state index contributed by atoms with van der Waals surface area (Å²) in [5, 5.41) is 3.63. The second-order valence-corrected chi connectivity index (χ2v) is 10.0. The molecular weight excluding hydrogens is 457 g/mol. The quantitative estimate of drug-likeness (QED) is 0.346. The molecule has 0 bridgehead atoms. The van der Waals surface area contributed by atoms with Gasteiger partial charge in [-0.1, -0.05) is 37.3 Å². The van der Waals surface area contributed by atoms with Crippen LogP contribution in [0.15, 0.2) is 55.0 Å². The molecule has 10 nitrogen and oxygen atoms in total. The monoisotopic (exact) mass is 485 g/mol. The maximum atomic E-state index is 13.3. The Hall–Kier alpha value is -3.04. The lowest BCUT2D eigenvalue weighted by molar-refractivity contribution is -0.145. The number of anilines is 1. The van der Waals surface area contributed by atoms with E-state index in [1.165, 1.54) is 6.33 Å². The van der Waals surface area contributed by atoms with Gasteiger partial charge in [-0.15, -0.1) is 0 Å². The van der Waals surface area contributed by atoms with Gasteiger partial charge < -0.3 is 24.3 Å². The molecule has 1 aliphatic heterocycles. The van der Waals surface area contributed by atoms with E-state index in [0.717, 1.165) is 10.9 Å². The fourth-order valence-electron chi connectivity index (χ4n) is 3.53. The molecule has 3 atom stereocenters. The van der Waals surface area contributed by atoms with E-state index in [4.69, 9.17) is 19.7 Å². The SMILES string of the molecule is CCCOC(=O)[C@H](Cc1ccccc1)NP1(=O)CO[C@H](/C=C/n2ccc3c(N)ncnc32)CO1. The zero-order valence-electron chi connectivity index (χ0n) is 18.9. The molecule has 0 aliphatic carbocycles. The van der Waals surface area contributed by atoms with Crippen molar-refractivity contribution in [3.05, 3.63) is 60.6 Å². The molecule has 4 rings (SSSR count). The zero-order chi connectivity index (χ0) is 24.0. The van der Waals surface area contributed by atoms with Crippen molar-refractivity contribution in [2.24, 2.45) is 0 Å². The number of fused-ring (bicyclic) bond motifs is 1. The molecular formula is C23H28N5O5P. The predicted molar refractivity (Wildman–Crippen MR) is 129 cm³/mol. The number of carbonyl (C=O) groups is 1. The predicted octanol–water partition coefficient (Wildman–Crippen LogP) is 3.20. The molecule has 11 heteroatoms. The van der Waals surface area contributed by atoms with Gasteiger partial charge in [-0.05, 0) is 30.5 Å². The van der Waals surface area contributed by atoms with Gasteiger partial charge in [0.05, 0.1) is 18.6 Å². The zero-order valence-corrected chi connectivity index (χ0v) is 19.8. The summed E-state index contributed by atoms with van der Waals surface area (Å²) in [5.41, 5.74) is 7.46. The average Bonchev–Trinajstić information content (AvgIpc) is 3.27. The van der Waals surface area contributed by atoms with E-state index in [1.54, 1.807) is 16.8 Å². The number of nitrogens with one attached hydrogen (secondary N) is 1. The Kier molecular flexibility index (Phi) is 7.74. The van der Waals surface area contributed by atoms with Crippen molar-refractivity contribution in [2.45, 2.75) is 31.9 Å². The van der Waals surface area contributed by atoms with Crippen LogP contribution in [-0.2, 0) is 29.8 Å². The Morgan fingerprint density at radius 1 is 1.35 bits per heavy atom. The smallest absolute Gasteiger partial charge is 0.323 e. The first-order valence-electron chi connectivity index (χ1n) is 11.1. The number of ether oxygens (including phenoxy) is 2. The van der Waals surface area contributed by atoms with Crippen molar-refractivity contribution in [1.82, 2.24) is 19.6 Å². The van der Waals surface area contributed by atoms with E-state index in [2.05, 4.69) is 15.1 Å². The topological polar surface area (TPSA) is 131 Å². The third-order valence-corrected chi connectivity index (χ3v) is 7.04. The standard InChI is InChI=1S/C23H28N5O5P/c1-2-12-31-23(29)20(13-17-6-4-3-5-7-17)27-34(30)16-32-18(14-33-34)8-10-28-11-9-19-21(24)25-15-26-22(19)28/h3-11,15,18,20H,2,12-14,16H2,1H3,(H,27,30)(H2,24,25,26)/b10-8+/t18-,20+,34?/m1/s1. The number of hydrogen-bond donors (Lipinski definition) is 2. The molecule has 3 N–H and O–H groups in total. The molecule has 180 valence electrons. The van der Waals surface area contributed by atoms with Crippen molar-refractivity contribution >= 4 is 36.5 Å². The summed E-state index contributed by atoms with van der Waals surface area (Å²) in [4.78, 5) is 20.8. The maximum absolute atomic E-state index is 13.3. The van der Waals surface area contributed by atoms with E-state index in [-0.39, 0.29) is 13.0 Å².